The van der Waals surface area contributed by atoms with Crippen LogP contribution in [0.4, 0.5) is 0 Å². The molecule has 4 amide bonds. The molecule has 2 fully saturated rings. The van der Waals surface area contributed by atoms with Crippen molar-refractivity contribution in [3.8, 4) is 0 Å². The Morgan fingerprint density at radius 3 is 1.74 bits per heavy atom. The molecule has 2 aliphatic rings. The lowest BCUT2D eigenvalue weighted by Crippen LogP contribution is -2.41. The topological polar surface area (TPSA) is 127 Å². The van der Waals surface area contributed by atoms with Crippen molar-refractivity contribution in [1.82, 2.24) is 10.1 Å². The van der Waals surface area contributed by atoms with Crippen molar-refractivity contribution in [2.45, 2.75) is 59.3 Å². The van der Waals surface area contributed by atoms with Crippen LogP contribution in [0, 0.1) is 11.3 Å². The van der Waals surface area contributed by atoms with Crippen molar-refractivity contribution >= 4 is 35.6 Å². The first kappa shape index (κ1) is 20.5. The number of hydrogen-bond donors (Lipinski definition) is 0. The molecule has 0 aromatic heterocycles. The van der Waals surface area contributed by atoms with Crippen molar-refractivity contribution in [2.24, 2.45) is 11.3 Å². The molecule has 148 valence electrons. The average molecular weight is 382 g/mol. The normalized spacial score (nSPS) is 20.7. The summed E-state index contributed by atoms with van der Waals surface area (Å²) in [5.74, 6) is -4.86. The van der Waals surface area contributed by atoms with E-state index in [-0.39, 0.29) is 38.5 Å². The quantitative estimate of drug-likeness (QED) is 0.587. The van der Waals surface area contributed by atoms with Gasteiger partial charge in [0.1, 0.15) is 0 Å². The Morgan fingerprint density at radius 2 is 1.33 bits per heavy atom. The first-order valence-corrected chi connectivity index (χ1v) is 8.75. The Labute approximate surface area is 155 Å². The Kier molecular flexibility index (Phi) is 5.97. The summed E-state index contributed by atoms with van der Waals surface area (Å²) in [6, 6.07) is 0. The second kappa shape index (κ2) is 7.85. The predicted molar refractivity (Wildman–Crippen MR) is 86.5 cm³/mol. The Bertz CT molecular complexity index is 671. The highest BCUT2D eigenvalue weighted by Crippen LogP contribution is 2.33. The van der Waals surface area contributed by atoms with Gasteiger partial charge in [0.25, 0.3) is 23.6 Å². The number of rotatable bonds is 7. The lowest BCUT2D eigenvalue weighted by Gasteiger charge is -2.29. The van der Waals surface area contributed by atoms with Crippen LogP contribution >= 0.6 is 0 Å². The standard InChI is InChI=1S/C17H22N2O8/c1-4-17(3,16(25)27-19-13(22)7-8-14(19)23)9-10(2)15(24)26-18-11(20)5-6-12(18)21/h10H,4-9H2,1-3H3. The van der Waals surface area contributed by atoms with E-state index in [9.17, 15) is 28.8 Å². The van der Waals surface area contributed by atoms with Gasteiger partial charge in [-0.05, 0) is 19.8 Å². The number of imide groups is 2. The number of amides is 4. The van der Waals surface area contributed by atoms with Gasteiger partial charge in [-0.3, -0.25) is 19.2 Å². The third-order valence-electron chi connectivity index (χ3n) is 4.80. The number of carbonyl (C=O) groups excluding carboxylic acids is 6. The molecule has 2 atom stereocenters. The maximum absolute atomic E-state index is 12.5. The van der Waals surface area contributed by atoms with Crippen LogP contribution in [-0.2, 0) is 38.4 Å². The van der Waals surface area contributed by atoms with Gasteiger partial charge in [-0.15, -0.1) is 10.1 Å². The Hall–Kier alpha value is -2.78. The fraction of sp³-hybridized carbons (Fsp3) is 0.647. The minimum absolute atomic E-state index is 0.0165. The van der Waals surface area contributed by atoms with Crippen LogP contribution in [-0.4, -0.2) is 45.7 Å². The number of hydroxylamine groups is 4. The molecule has 0 bridgehead atoms. The highest BCUT2D eigenvalue weighted by Gasteiger charge is 2.42. The Morgan fingerprint density at radius 1 is 0.926 bits per heavy atom. The van der Waals surface area contributed by atoms with Crippen LogP contribution in [0.1, 0.15) is 59.3 Å². The van der Waals surface area contributed by atoms with Crippen molar-refractivity contribution in [2.75, 3.05) is 0 Å². The summed E-state index contributed by atoms with van der Waals surface area (Å²) in [7, 11) is 0. The average Bonchev–Trinajstić information content (AvgIpc) is 3.11. The highest BCUT2D eigenvalue weighted by atomic mass is 16.7. The zero-order valence-corrected chi connectivity index (χ0v) is 15.5. The summed E-state index contributed by atoms with van der Waals surface area (Å²) in [4.78, 5) is 80.8. The zero-order valence-electron chi connectivity index (χ0n) is 15.5. The minimum Gasteiger partial charge on any atom is -0.330 e. The van der Waals surface area contributed by atoms with Crippen molar-refractivity contribution in [1.29, 1.82) is 0 Å². The van der Waals surface area contributed by atoms with E-state index in [4.69, 9.17) is 9.68 Å². The number of nitrogens with zero attached hydrogens (tertiary/aromatic N) is 2. The first-order chi connectivity index (χ1) is 12.6. The van der Waals surface area contributed by atoms with E-state index >= 15 is 0 Å². The van der Waals surface area contributed by atoms with E-state index in [1.807, 2.05) is 0 Å². The van der Waals surface area contributed by atoms with Gasteiger partial charge in [-0.2, -0.15) is 0 Å². The van der Waals surface area contributed by atoms with Crippen LogP contribution in [0.25, 0.3) is 0 Å². The molecule has 2 aliphatic heterocycles. The monoisotopic (exact) mass is 382 g/mol. The van der Waals surface area contributed by atoms with Gasteiger partial charge in [0, 0.05) is 25.7 Å². The van der Waals surface area contributed by atoms with Gasteiger partial charge in [0.2, 0.25) is 0 Å². The second-order valence-corrected chi connectivity index (χ2v) is 6.97. The van der Waals surface area contributed by atoms with Crippen LogP contribution in [0.15, 0.2) is 0 Å². The van der Waals surface area contributed by atoms with E-state index < -0.39 is 46.9 Å². The summed E-state index contributed by atoms with van der Waals surface area (Å²) < 4.78 is 0. The summed E-state index contributed by atoms with van der Waals surface area (Å²) in [5.41, 5.74) is -1.18. The van der Waals surface area contributed by atoms with E-state index in [0.29, 0.717) is 10.1 Å². The molecule has 10 nitrogen and oxygen atoms in total. The first-order valence-electron chi connectivity index (χ1n) is 8.75. The largest absolute Gasteiger partial charge is 0.339 e. The van der Waals surface area contributed by atoms with Crippen molar-refractivity contribution in [3.05, 3.63) is 0 Å². The zero-order chi connectivity index (χ0) is 20.4. The number of hydrogen-bond acceptors (Lipinski definition) is 8. The van der Waals surface area contributed by atoms with Crippen LogP contribution < -0.4 is 0 Å². The molecule has 10 heteroatoms. The lowest BCUT2D eigenvalue weighted by atomic mass is 9.79. The predicted octanol–water partition coefficient (Wildman–Crippen LogP) is 0.643. The van der Waals surface area contributed by atoms with E-state index in [1.54, 1.807) is 6.92 Å². The van der Waals surface area contributed by atoms with Gasteiger partial charge in [-0.1, -0.05) is 13.8 Å². The molecule has 27 heavy (non-hydrogen) atoms. The Balaban J connectivity index is 2.00. The van der Waals surface area contributed by atoms with Crippen LogP contribution in [0.2, 0.25) is 0 Å². The minimum atomic E-state index is -1.18. The molecule has 2 rings (SSSR count). The van der Waals surface area contributed by atoms with Gasteiger partial charge in [0.05, 0.1) is 11.3 Å². The molecular weight excluding hydrogens is 360 g/mol. The molecule has 0 saturated carbocycles. The van der Waals surface area contributed by atoms with Crippen LogP contribution in [0.3, 0.4) is 0 Å². The van der Waals surface area contributed by atoms with E-state index in [2.05, 4.69) is 0 Å². The fourth-order valence-electron chi connectivity index (χ4n) is 2.82. The molecule has 0 aliphatic carbocycles. The molecule has 0 aromatic carbocycles. The summed E-state index contributed by atoms with van der Waals surface area (Å²) in [6.07, 6.45) is 0.175. The molecule has 2 saturated heterocycles. The van der Waals surface area contributed by atoms with Gasteiger partial charge in [-0.25, -0.2) is 9.59 Å². The fourth-order valence-corrected chi connectivity index (χ4v) is 2.82. The van der Waals surface area contributed by atoms with E-state index in [1.165, 1.54) is 13.8 Å². The third kappa shape index (κ3) is 4.32. The molecule has 0 aromatic rings. The van der Waals surface area contributed by atoms with Crippen LogP contribution in [0.5, 0.6) is 0 Å². The number of carbonyl (C=O) groups is 6. The maximum Gasteiger partial charge on any atom is 0.339 e. The van der Waals surface area contributed by atoms with Gasteiger partial charge in [0.15, 0.2) is 0 Å². The molecule has 2 heterocycles. The smallest absolute Gasteiger partial charge is 0.330 e. The molecule has 0 radical (unpaired) electrons. The molecule has 0 spiro atoms. The van der Waals surface area contributed by atoms with E-state index in [0.717, 1.165) is 0 Å². The highest BCUT2D eigenvalue weighted by molar-refractivity contribution is 6.02. The lowest BCUT2D eigenvalue weighted by molar-refractivity contribution is -0.207. The molecule has 0 N–H and O–H groups in total. The summed E-state index contributed by atoms with van der Waals surface area (Å²) >= 11 is 0. The maximum atomic E-state index is 12.5. The summed E-state index contributed by atoms with van der Waals surface area (Å²) in [5, 5.41) is 0.906. The molecular formula is C17H22N2O8. The van der Waals surface area contributed by atoms with Crippen molar-refractivity contribution < 1.29 is 38.4 Å². The summed E-state index contributed by atoms with van der Waals surface area (Å²) in [6.45, 7) is 4.72. The second-order valence-electron chi connectivity index (χ2n) is 6.97. The molecule has 2 unspecified atom stereocenters. The van der Waals surface area contributed by atoms with Gasteiger partial charge >= 0.3 is 11.9 Å². The van der Waals surface area contributed by atoms with Gasteiger partial charge < -0.3 is 9.68 Å². The third-order valence-corrected chi connectivity index (χ3v) is 4.80. The SMILES string of the molecule is CCC(C)(CC(C)C(=O)ON1C(=O)CCC1=O)C(=O)ON1C(=O)CCC1=O. The van der Waals surface area contributed by atoms with Crippen molar-refractivity contribution in [3.63, 3.8) is 0 Å².